The summed E-state index contributed by atoms with van der Waals surface area (Å²) in [4.78, 5) is 26.5. The molecule has 1 spiro atoms. The minimum atomic E-state index is -0.104. The van der Waals surface area contributed by atoms with E-state index in [1.165, 1.54) is 16.7 Å². The number of cyclic esters (lactones) is 1. The molecule has 2 aromatic rings. The van der Waals surface area contributed by atoms with Gasteiger partial charge in [0.1, 0.15) is 0 Å². The SMILES string of the molecule is C[C@H]1CN(C(=O)C2CC3(COC(=O)C3)C2)CC[C@H]1c1cccc(-c2ccccc2)c1. The van der Waals surface area contributed by atoms with E-state index in [0.717, 1.165) is 32.4 Å². The quantitative estimate of drug-likeness (QED) is 0.701. The molecule has 3 fully saturated rings. The van der Waals surface area contributed by atoms with Gasteiger partial charge in [-0.2, -0.15) is 0 Å². The van der Waals surface area contributed by atoms with Gasteiger partial charge in [0, 0.05) is 24.4 Å². The van der Waals surface area contributed by atoms with Crippen LogP contribution >= 0.6 is 0 Å². The molecular formula is C26H29NO3. The second-order valence-corrected chi connectivity index (χ2v) is 9.59. The van der Waals surface area contributed by atoms with Crippen molar-refractivity contribution in [2.75, 3.05) is 19.7 Å². The molecule has 4 heteroatoms. The summed E-state index contributed by atoms with van der Waals surface area (Å²) in [6.45, 7) is 4.41. The molecule has 5 rings (SSSR count). The lowest BCUT2D eigenvalue weighted by molar-refractivity contribution is -0.145. The third-order valence-electron chi connectivity index (χ3n) is 7.41. The van der Waals surface area contributed by atoms with Gasteiger partial charge in [0.2, 0.25) is 5.91 Å². The minimum Gasteiger partial charge on any atom is -0.465 e. The fourth-order valence-electron chi connectivity index (χ4n) is 5.74. The first-order chi connectivity index (χ1) is 14.5. The molecule has 0 radical (unpaired) electrons. The Morgan fingerprint density at radius 3 is 2.53 bits per heavy atom. The summed E-state index contributed by atoms with van der Waals surface area (Å²) < 4.78 is 5.14. The predicted molar refractivity (Wildman–Crippen MR) is 116 cm³/mol. The van der Waals surface area contributed by atoms with Gasteiger partial charge in [0.15, 0.2) is 0 Å². The van der Waals surface area contributed by atoms with Crippen molar-refractivity contribution in [3.8, 4) is 11.1 Å². The van der Waals surface area contributed by atoms with Crippen LogP contribution in [0.3, 0.4) is 0 Å². The van der Waals surface area contributed by atoms with E-state index in [9.17, 15) is 9.59 Å². The molecule has 2 aromatic carbocycles. The fourth-order valence-corrected chi connectivity index (χ4v) is 5.74. The molecule has 0 aromatic heterocycles. The third-order valence-corrected chi connectivity index (χ3v) is 7.41. The van der Waals surface area contributed by atoms with Gasteiger partial charge in [-0.15, -0.1) is 0 Å². The third kappa shape index (κ3) is 3.53. The highest BCUT2D eigenvalue weighted by atomic mass is 16.5. The first kappa shape index (κ1) is 19.3. The number of carbonyl (C=O) groups is 2. The van der Waals surface area contributed by atoms with Gasteiger partial charge in [-0.25, -0.2) is 0 Å². The standard InChI is InChI=1S/C26H29NO3/c1-18-16-27(25(29)22-13-26(14-22)15-24(28)30-17-26)11-10-23(18)21-9-5-8-20(12-21)19-6-3-2-4-7-19/h2-9,12,18,22-23H,10-11,13-17H2,1H3/t18-,22?,23+,26?/m0/s1. The van der Waals surface area contributed by atoms with Gasteiger partial charge in [-0.3, -0.25) is 9.59 Å². The Labute approximate surface area is 178 Å². The maximum Gasteiger partial charge on any atom is 0.306 e. The van der Waals surface area contributed by atoms with Gasteiger partial charge in [-0.1, -0.05) is 61.5 Å². The number of ether oxygens (including phenoxy) is 1. The van der Waals surface area contributed by atoms with Crippen LogP contribution in [0.4, 0.5) is 0 Å². The molecule has 1 amide bonds. The van der Waals surface area contributed by atoms with E-state index >= 15 is 0 Å². The molecular weight excluding hydrogens is 374 g/mol. The van der Waals surface area contributed by atoms with Gasteiger partial charge in [0.05, 0.1) is 13.0 Å². The highest BCUT2D eigenvalue weighted by molar-refractivity contribution is 5.81. The van der Waals surface area contributed by atoms with Gasteiger partial charge in [-0.05, 0) is 47.8 Å². The molecule has 2 heterocycles. The number of carbonyl (C=O) groups excluding carboxylic acids is 2. The lowest BCUT2D eigenvalue weighted by Gasteiger charge is -2.46. The normalized spacial score (nSPS) is 30.8. The van der Waals surface area contributed by atoms with Crippen molar-refractivity contribution in [3.05, 3.63) is 60.2 Å². The van der Waals surface area contributed by atoms with Crippen LogP contribution < -0.4 is 0 Å². The Morgan fingerprint density at radius 2 is 1.83 bits per heavy atom. The van der Waals surface area contributed by atoms with Crippen molar-refractivity contribution in [2.45, 2.75) is 38.5 Å². The van der Waals surface area contributed by atoms with Crippen molar-refractivity contribution in [1.29, 1.82) is 0 Å². The largest absolute Gasteiger partial charge is 0.465 e. The van der Waals surface area contributed by atoms with Crippen LogP contribution in [-0.4, -0.2) is 36.5 Å². The van der Waals surface area contributed by atoms with Crippen molar-refractivity contribution in [2.24, 2.45) is 17.3 Å². The molecule has 1 saturated carbocycles. The van der Waals surface area contributed by atoms with E-state index in [1.54, 1.807) is 0 Å². The Hall–Kier alpha value is -2.62. The van der Waals surface area contributed by atoms with Crippen LogP contribution in [0.1, 0.15) is 44.1 Å². The maximum atomic E-state index is 13.0. The lowest BCUT2D eigenvalue weighted by Crippen LogP contribution is -2.50. The van der Waals surface area contributed by atoms with E-state index in [1.807, 2.05) is 6.07 Å². The summed E-state index contributed by atoms with van der Waals surface area (Å²) in [7, 11) is 0. The van der Waals surface area contributed by atoms with Crippen LogP contribution in [0, 0.1) is 17.3 Å². The number of esters is 1. The molecule has 0 N–H and O–H groups in total. The van der Waals surface area contributed by atoms with Crippen LogP contribution in [0.15, 0.2) is 54.6 Å². The number of likely N-dealkylation sites (tertiary alicyclic amines) is 1. The Morgan fingerprint density at radius 1 is 1.07 bits per heavy atom. The zero-order valence-corrected chi connectivity index (χ0v) is 17.5. The fraction of sp³-hybridized carbons (Fsp3) is 0.462. The van der Waals surface area contributed by atoms with Crippen molar-refractivity contribution < 1.29 is 14.3 Å². The molecule has 156 valence electrons. The van der Waals surface area contributed by atoms with Crippen LogP contribution in [0.2, 0.25) is 0 Å². The lowest BCUT2D eigenvalue weighted by atomic mass is 9.61. The van der Waals surface area contributed by atoms with Crippen LogP contribution in [0.25, 0.3) is 11.1 Å². The number of rotatable bonds is 3. The summed E-state index contributed by atoms with van der Waals surface area (Å²) >= 11 is 0. The molecule has 2 aliphatic heterocycles. The van der Waals surface area contributed by atoms with E-state index in [4.69, 9.17) is 4.74 Å². The molecule has 0 bridgehead atoms. The van der Waals surface area contributed by atoms with Gasteiger partial charge >= 0.3 is 5.97 Å². The van der Waals surface area contributed by atoms with Crippen LogP contribution in [0.5, 0.6) is 0 Å². The average Bonchev–Trinajstić information content (AvgIpc) is 3.15. The molecule has 2 atom stereocenters. The number of amides is 1. The van der Waals surface area contributed by atoms with Crippen molar-refractivity contribution in [3.63, 3.8) is 0 Å². The molecule has 3 aliphatic rings. The molecule has 30 heavy (non-hydrogen) atoms. The Balaban J connectivity index is 1.22. The summed E-state index contributed by atoms with van der Waals surface area (Å²) in [6.07, 6.45) is 3.12. The minimum absolute atomic E-state index is 0.0424. The summed E-state index contributed by atoms with van der Waals surface area (Å²) in [5.74, 6) is 1.16. The van der Waals surface area contributed by atoms with E-state index in [-0.39, 0.29) is 23.2 Å². The number of hydrogen-bond donors (Lipinski definition) is 0. The molecule has 1 aliphatic carbocycles. The summed E-state index contributed by atoms with van der Waals surface area (Å²) in [5, 5.41) is 0. The summed E-state index contributed by atoms with van der Waals surface area (Å²) in [6, 6.07) is 19.4. The van der Waals surface area contributed by atoms with Crippen molar-refractivity contribution in [1.82, 2.24) is 4.90 Å². The van der Waals surface area contributed by atoms with Gasteiger partial charge in [0.25, 0.3) is 0 Å². The number of benzene rings is 2. The first-order valence-corrected chi connectivity index (χ1v) is 11.1. The van der Waals surface area contributed by atoms with Crippen LogP contribution in [-0.2, 0) is 14.3 Å². The highest BCUT2D eigenvalue weighted by Crippen LogP contribution is 2.52. The summed E-state index contributed by atoms with van der Waals surface area (Å²) in [5.41, 5.74) is 3.83. The smallest absolute Gasteiger partial charge is 0.306 e. The molecule has 0 unspecified atom stereocenters. The van der Waals surface area contributed by atoms with E-state index in [0.29, 0.717) is 24.9 Å². The maximum absolute atomic E-state index is 13.0. The second-order valence-electron chi connectivity index (χ2n) is 9.59. The molecule has 4 nitrogen and oxygen atoms in total. The zero-order chi connectivity index (χ0) is 20.7. The topological polar surface area (TPSA) is 46.6 Å². The van der Waals surface area contributed by atoms with E-state index in [2.05, 4.69) is 60.4 Å². The average molecular weight is 404 g/mol. The van der Waals surface area contributed by atoms with Crippen molar-refractivity contribution >= 4 is 11.9 Å². The number of nitrogens with zero attached hydrogens (tertiary/aromatic N) is 1. The Kier molecular flexibility index (Phi) is 4.88. The zero-order valence-electron chi connectivity index (χ0n) is 17.5. The van der Waals surface area contributed by atoms with Gasteiger partial charge < -0.3 is 9.64 Å². The second kappa shape index (κ2) is 7.57. The highest BCUT2D eigenvalue weighted by Gasteiger charge is 2.53. The first-order valence-electron chi connectivity index (χ1n) is 11.1. The number of hydrogen-bond acceptors (Lipinski definition) is 3. The number of piperidine rings is 1. The molecule has 2 saturated heterocycles. The predicted octanol–water partition coefficient (Wildman–Crippen LogP) is 4.65. The monoisotopic (exact) mass is 403 g/mol. The van der Waals surface area contributed by atoms with E-state index < -0.39 is 0 Å². The Bertz CT molecular complexity index is 948.